The van der Waals surface area contributed by atoms with Crippen molar-refractivity contribution in [1.82, 2.24) is 5.32 Å². The van der Waals surface area contributed by atoms with E-state index < -0.39 is 0 Å². The highest BCUT2D eigenvalue weighted by Gasteiger charge is 2.30. The number of ether oxygens (including phenoxy) is 1. The summed E-state index contributed by atoms with van der Waals surface area (Å²) in [4.78, 5) is 12.5. The number of nitrogens with one attached hydrogen (secondary N) is 1. The highest BCUT2D eigenvalue weighted by Crippen LogP contribution is 2.34. The maximum absolute atomic E-state index is 12.5. The van der Waals surface area contributed by atoms with E-state index in [2.05, 4.69) is 17.4 Å². The lowest BCUT2D eigenvalue weighted by Gasteiger charge is -2.19. The topological polar surface area (TPSA) is 51.5 Å². The molecule has 0 aliphatic carbocycles. The predicted molar refractivity (Wildman–Crippen MR) is 88.5 cm³/mol. The molecule has 1 amide bonds. The van der Waals surface area contributed by atoms with Gasteiger partial charge in [0.1, 0.15) is 11.5 Å². The lowest BCUT2D eigenvalue weighted by atomic mass is 9.95. The summed E-state index contributed by atoms with van der Waals surface area (Å²) in [7, 11) is 0. The third-order valence-corrected chi connectivity index (χ3v) is 4.66. The van der Waals surface area contributed by atoms with Crippen molar-refractivity contribution in [1.29, 1.82) is 0 Å². The van der Waals surface area contributed by atoms with Crippen LogP contribution in [0, 0.1) is 26.7 Å². The molecular weight excluding hydrogens is 290 g/mol. The zero-order chi connectivity index (χ0) is 16.4. The van der Waals surface area contributed by atoms with Gasteiger partial charge in [0.05, 0.1) is 11.7 Å². The largest absolute Gasteiger partial charge is 0.466 e. The minimum atomic E-state index is -0.0597. The second-order valence-electron chi connectivity index (χ2n) is 6.18. The van der Waals surface area contributed by atoms with Crippen molar-refractivity contribution in [2.75, 3.05) is 13.2 Å². The van der Waals surface area contributed by atoms with Crippen LogP contribution in [0.4, 0.5) is 0 Å². The van der Waals surface area contributed by atoms with Crippen molar-refractivity contribution < 1.29 is 13.9 Å². The second kappa shape index (κ2) is 6.59. The molecular formula is C19H23NO3. The van der Waals surface area contributed by atoms with Crippen LogP contribution in [0.15, 0.2) is 34.7 Å². The Morgan fingerprint density at radius 3 is 2.57 bits per heavy atom. The minimum Gasteiger partial charge on any atom is -0.466 e. The van der Waals surface area contributed by atoms with Gasteiger partial charge < -0.3 is 14.5 Å². The minimum absolute atomic E-state index is 0.0597. The maximum atomic E-state index is 12.5. The lowest BCUT2D eigenvalue weighted by Crippen LogP contribution is -2.31. The number of hydrogen-bond acceptors (Lipinski definition) is 3. The Morgan fingerprint density at radius 2 is 1.91 bits per heavy atom. The number of aryl methyl sites for hydroxylation is 2. The maximum Gasteiger partial charge on any atom is 0.255 e. The van der Waals surface area contributed by atoms with Gasteiger partial charge in [-0.25, -0.2) is 0 Å². The van der Waals surface area contributed by atoms with E-state index in [1.807, 2.05) is 39.0 Å². The number of furan rings is 1. The van der Waals surface area contributed by atoms with Crippen molar-refractivity contribution in [2.45, 2.75) is 33.3 Å². The average Bonchev–Trinajstić information content (AvgIpc) is 3.11. The predicted octanol–water partition coefficient (Wildman–Crippen LogP) is 3.71. The third-order valence-electron chi connectivity index (χ3n) is 4.66. The first-order valence-corrected chi connectivity index (χ1v) is 8.09. The zero-order valence-corrected chi connectivity index (χ0v) is 13.9. The Bertz CT molecular complexity index is 690. The van der Waals surface area contributed by atoms with Gasteiger partial charge in [-0.1, -0.05) is 30.3 Å². The number of benzene rings is 1. The highest BCUT2D eigenvalue weighted by molar-refractivity contribution is 5.96. The van der Waals surface area contributed by atoms with Crippen LogP contribution in [0.1, 0.15) is 45.5 Å². The lowest BCUT2D eigenvalue weighted by molar-refractivity contribution is 0.0845. The summed E-state index contributed by atoms with van der Waals surface area (Å²) in [6.07, 6.45) is 1.02. The van der Waals surface area contributed by atoms with Crippen molar-refractivity contribution in [3.63, 3.8) is 0 Å². The molecule has 1 aliphatic rings. The molecule has 3 rings (SSSR count). The van der Waals surface area contributed by atoms with Crippen LogP contribution in [0.5, 0.6) is 0 Å². The van der Waals surface area contributed by atoms with E-state index in [-0.39, 0.29) is 12.0 Å². The fraction of sp³-hybridized carbons (Fsp3) is 0.421. The van der Waals surface area contributed by atoms with E-state index in [1.54, 1.807) is 0 Å². The van der Waals surface area contributed by atoms with Gasteiger partial charge in [0, 0.05) is 24.6 Å². The van der Waals surface area contributed by atoms with E-state index in [1.165, 1.54) is 5.56 Å². The molecule has 2 atom stereocenters. The van der Waals surface area contributed by atoms with Crippen LogP contribution >= 0.6 is 0 Å². The summed E-state index contributed by atoms with van der Waals surface area (Å²) in [6.45, 7) is 6.99. The summed E-state index contributed by atoms with van der Waals surface area (Å²) in [5.74, 6) is 1.73. The van der Waals surface area contributed by atoms with Crippen LogP contribution in [0.3, 0.4) is 0 Å². The third kappa shape index (κ3) is 3.17. The summed E-state index contributed by atoms with van der Waals surface area (Å²) >= 11 is 0. The van der Waals surface area contributed by atoms with Gasteiger partial charge >= 0.3 is 0 Å². The zero-order valence-electron chi connectivity index (χ0n) is 13.9. The van der Waals surface area contributed by atoms with Gasteiger partial charge in [-0.05, 0) is 32.8 Å². The highest BCUT2D eigenvalue weighted by atomic mass is 16.5. The van der Waals surface area contributed by atoms with Crippen LogP contribution in [-0.2, 0) is 4.74 Å². The Labute approximate surface area is 136 Å². The fourth-order valence-electron chi connectivity index (χ4n) is 3.29. The van der Waals surface area contributed by atoms with Crippen molar-refractivity contribution in [2.24, 2.45) is 5.92 Å². The van der Waals surface area contributed by atoms with Crippen molar-refractivity contribution >= 4 is 5.91 Å². The summed E-state index contributed by atoms with van der Waals surface area (Å²) in [5.41, 5.74) is 2.76. The van der Waals surface area contributed by atoms with Crippen molar-refractivity contribution in [3.8, 4) is 0 Å². The Balaban J connectivity index is 1.67. The quantitative estimate of drug-likeness (QED) is 0.936. The summed E-state index contributed by atoms with van der Waals surface area (Å²) in [5, 5.41) is 3.06. The molecule has 1 aromatic heterocycles. The molecule has 1 fully saturated rings. The van der Waals surface area contributed by atoms with E-state index >= 15 is 0 Å². The van der Waals surface area contributed by atoms with Gasteiger partial charge in [0.2, 0.25) is 0 Å². The molecule has 4 nitrogen and oxygen atoms in total. The summed E-state index contributed by atoms with van der Waals surface area (Å²) in [6, 6.07) is 10.2. The van der Waals surface area contributed by atoms with E-state index in [0.717, 1.165) is 24.4 Å². The Hall–Kier alpha value is -2.07. The number of hydrogen-bond donors (Lipinski definition) is 1. The average molecular weight is 313 g/mol. The van der Waals surface area contributed by atoms with Gasteiger partial charge in [0.25, 0.3) is 5.91 Å². The number of carbonyl (C=O) groups excluding carboxylic acids is 1. The fourth-order valence-corrected chi connectivity index (χ4v) is 3.29. The van der Waals surface area contributed by atoms with Gasteiger partial charge in [-0.3, -0.25) is 4.79 Å². The molecule has 0 saturated carbocycles. The first kappa shape index (κ1) is 15.8. The van der Waals surface area contributed by atoms with E-state index in [4.69, 9.17) is 9.15 Å². The number of carbonyl (C=O) groups is 1. The second-order valence-corrected chi connectivity index (χ2v) is 6.18. The standard InChI is InChI=1S/C19H23NO3/c1-12-13(2)23-14(3)17(12)19(21)20-11-16-9-10-22-18(16)15-7-5-4-6-8-15/h4-8,16,18H,9-11H2,1-3H3,(H,20,21)/t16-,18-/m1/s1. The molecule has 0 bridgehead atoms. The molecule has 23 heavy (non-hydrogen) atoms. The molecule has 0 radical (unpaired) electrons. The molecule has 1 N–H and O–H groups in total. The molecule has 1 aromatic carbocycles. The smallest absolute Gasteiger partial charge is 0.255 e. The molecule has 0 unspecified atom stereocenters. The van der Waals surface area contributed by atoms with Gasteiger partial charge in [-0.15, -0.1) is 0 Å². The van der Waals surface area contributed by atoms with Crippen LogP contribution in [-0.4, -0.2) is 19.1 Å². The first-order chi connectivity index (χ1) is 11.1. The SMILES string of the molecule is Cc1oc(C)c(C(=O)NC[C@H]2CCO[C@@H]2c2ccccc2)c1C. The molecule has 0 spiro atoms. The molecule has 4 heteroatoms. The monoisotopic (exact) mass is 313 g/mol. The Kier molecular flexibility index (Phi) is 4.53. The molecule has 1 saturated heterocycles. The molecule has 2 aromatic rings. The van der Waals surface area contributed by atoms with Gasteiger partial charge in [-0.2, -0.15) is 0 Å². The number of rotatable bonds is 4. The Morgan fingerprint density at radius 1 is 1.17 bits per heavy atom. The van der Waals surface area contributed by atoms with Crippen LogP contribution < -0.4 is 5.32 Å². The van der Waals surface area contributed by atoms with Crippen LogP contribution in [0.25, 0.3) is 0 Å². The van der Waals surface area contributed by atoms with Crippen molar-refractivity contribution in [3.05, 3.63) is 58.5 Å². The molecule has 122 valence electrons. The van der Waals surface area contributed by atoms with Gasteiger partial charge in [0.15, 0.2) is 0 Å². The van der Waals surface area contributed by atoms with Crippen LogP contribution in [0.2, 0.25) is 0 Å². The van der Waals surface area contributed by atoms with E-state index in [0.29, 0.717) is 23.8 Å². The van der Waals surface area contributed by atoms with E-state index in [9.17, 15) is 4.79 Å². The first-order valence-electron chi connectivity index (χ1n) is 8.09. The normalized spacial score (nSPS) is 20.7. The number of amides is 1. The molecule has 2 heterocycles. The summed E-state index contributed by atoms with van der Waals surface area (Å²) < 4.78 is 11.4. The molecule has 1 aliphatic heterocycles.